The molecule has 1 N–H and O–H groups in total. The Morgan fingerprint density at radius 3 is 2.67 bits per heavy atom. The van der Waals surface area contributed by atoms with Gasteiger partial charge in [0.1, 0.15) is 5.65 Å². The summed E-state index contributed by atoms with van der Waals surface area (Å²) in [5.74, 6) is 0. The van der Waals surface area contributed by atoms with Crippen molar-refractivity contribution >= 4 is 17.2 Å². The van der Waals surface area contributed by atoms with E-state index in [4.69, 9.17) is 11.6 Å². The van der Waals surface area contributed by atoms with Crippen molar-refractivity contribution < 1.29 is 5.11 Å². The second-order valence-electron chi connectivity index (χ2n) is 5.10. The lowest BCUT2D eigenvalue weighted by Gasteiger charge is -2.10. The van der Waals surface area contributed by atoms with Crippen LogP contribution in [0.15, 0.2) is 48.7 Å². The molecule has 0 aliphatic carbocycles. The first-order valence-corrected chi connectivity index (χ1v) is 7.45. The molecule has 2 heterocycles. The number of halogens is 1. The highest BCUT2D eigenvalue weighted by Gasteiger charge is 2.18. The molecule has 0 spiro atoms. The van der Waals surface area contributed by atoms with E-state index in [0.717, 1.165) is 27.6 Å². The van der Waals surface area contributed by atoms with Crippen molar-refractivity contribution in [2.24, 2.45) is 0 Å². The summed E-state index contributed by atoms with van der Waals surface area (Å²) >= 11 is 5.92. The summed E-state index contributed by atoms with van der Waals surface area (Å²) in [7, 11) is 0. The van der Waals surface area contributed by atoms with Gasteiger partial charge < -0.3 is 9.51 Å². The van der Waals surface area contributed by atoms with Gasteiger partial charge in [-0.1, -0.05) is 36.7 Å². The molecule has 21 heavy (non-hydrogen) atoms. The van der Waals surface area contributed by atoms with E-state index in [9.17, 15) is 5.11 Å². The van der Waals surface area contributed by atoms with Gasteiger partial charge in [-0.05, 0) is 36.2 Å². The zero-order valence-corrected chi connectivity index (χ0v) is 12.6. The van der Waals surface area contributed by atoms with Crippen LogP contribution < -0.4 is 0 Å². The Hall–Kier alpha value is -1.84. The van der Waals surface area contributed by atoms with Gasteiger partial charge in [-0.2, -0.15) is 0 Å². The van der Waals surface area contributed by atoms with Crippen LogP contribution in [0.4, 0.5) is 0 Å². The number of rotatable bonds is 4. The fourth-order valence-corrected chi connectivity index (χ4v) is 2.66. The standard InChI is InChI=1S/C17H17ClN2O/c1-2-15(21)17-14(11-12-6-8-13(18)9-7-12)19-16-5-3-4-10-20(16)17/h3-10,15,21H,2,11H2,1H3. The summed E-state index contributed by atoms with van der Waals surface area (Å²) in [5, 5.41) is 11.1. The number of imidazole rings is 1. The highest BCUT2D eigenvalue weighted by atomic mass is 35.5. The van der Waals surface area contributed by atoms with Crippen molar-refractivity contribution in [3.05, 3.63) is 70.6 Å². The number of pyridine rings is 1. The van der Waals surface area contributed by atoms with E-state index in [1.165, 1.54) is 0 Å². The van der Waals surface area contributed by atoms with Gasteiger partial charge in [0.05, 0.1) is 17.5 Å². The second-order valence-corrected chi connectivity index (χ2v) is 5.54. The van der Waals surface area contributed by atoms with E-state index in [-0.39, 0.29) is 0 Å². The predicted molar refractivity (Wildman–Crippen MR) is 84.7 cm³/mol. The number of hydrogen-bond acceptors (Lipinski definition) is 2. The molecule has 0 aliphatic rings. The van der Waals surface area contributed by atoms with E-state index in [2.05, 4.69) is 4.98 Å². The van der Waals surface area contributed by atoms with Crippen molar-refractivity contribution in [2.45, 2.75) is 25.9 Å². The SMILES string of the molecule is CCC(O)c1c(Cc2ccc(Cl)cc2)nc2ccccn12. The molecule has 0 saturated heterocycles. The predicted octanol–water partition coefficient (Wildman–Crippen LogP) is 4.02. The van der Waals surface area contributed by atoms with Crippen molar-refractivity contribution in [1.82, 2.24) is 9.38 Å². The fourth-order valence-electron chi connectivity index (χ4n) is 2.54. The number of aromatic nitrogens is 2. The first-order valence-electron chi connectivity index (χ1n) is 7.07. The first-order chi connectivity index (χ1) is 10.2. The number of benzene rings is 1. The summed E-state index contributed by atoms with van der Waals surface area (Å²) in [6.45, 7) is 1.97. The molecule has 1 aromatic carbocycles. The van der Waals surface area contributed by atoms with E-state index < -0.39 is 6.10 Å². The Labute approximate surface area is 128 Å². The molecule has 3 rings (SSSR count). The summed E-state index contributed by atoms with van der Waals surface area (Å²) in [6, 6.07) is 13.6. The third-order valence-electron chi connectivity index (χ3n) is 3.63. The van der Waals surface area contributed by atoms with Crippen molar-refractivity contribution in [3.63, 3.8) is 0 Å². The maximum atomic E-state index is 10.3. The summed E-state index contributed by atoms with van der Waals surface area (Å²) in [4.78, 5) is 4.67. The minimum Gasteiger partial charge on any atom is -0.387 e. The third-order valence-corrected chi connectivity index (χ3v) is 3.88. The molecule has 2 aromatic heterocycles. The van der Waals surface area contributed by atoms with Gasteiger partial charge in [-0.15, -0.1) is 0 Å². The first kappa shape index (κ1) is 14.1. The van der Waals surface area contributed by atoms with Crippen LogP contribution in [-0.2, 0) is 6.42 Å². The Balaban J connectivity index is 2.06. The zero-order chi connectivity index (χ0) is 14.8. The highest BCUT2D eigenvalue weighted by Crippen LogP contribution is 2.25. The Bertz CT molecular complexity index is 749. The Kier molecular flexibility index (Phi) is 3.95. The number of nitrogens with zero attached hydrogens (tertiary/aromatic N) is 2. The summed E-state index contributed by atoms with van der Waals surface area (Å²) < 4.78 is 1.97. The van der Waals surface area contributed by atoms with Crippen molar-refractivity contribution in [2.75, 3.05) is 0 Å². The molecule has 0 bridgehead atoms. The molecule has 0 fully saturated rings. The largest absolute Gasteiger partial charge is 0.387 e. The minimum absolute atomic E-state index is 0.510. The van der Waals surface area contributed by atoms with Crippen LogP contribution in [-0.4, -0.2) is 14.5 Å². The average Bonchev–Trinajstić information content (AvgIpc) is 2.86. The molecular weight excluding hydrogens is 284 g/mol. The number of hydrogen-bond donors (Lipinski definition) is 1. The molecule has 3 aromatic rings. The quantitative estimate of drug-likeness (QED) is 0.790. The van der Waals surface area contributed by atoms with Crippen LogP contribution in [0.5, 0.6) is 0 Å². The van der Waals surface area contributed by atoms with E-state index in [0.29, 0.717) is 12.8 Å². The molecule has 0 amide bonds. The van der Waals surface area contributed by atoms with Crippen molar-refractivity contribution in [3.8, 4) is 0 Å². The molecule has 0 radical (unpaired) electrons. The lowest BCUT2D eigenvalue weighted by molar-refractivity contribution is 0.167. The number of aliphatic hydroxyl groups excluding tert-OH is 1. The molecular formula is C17H17ClN2O. The number of fused-ring (bicyclic) bond motifs is 1. The van der Waals surface area contributed by atoms with Crippen LogP contribution in [0.2, 0.25) is 5.02 Å². The molecule has 108 valence electrons. The van der Waals surface area contributed by atoms with Crippen LogP contribution in [0.3, 0.4) is 0 Å². The van der Waals surface area contributed by atoms with Gasteiger partial charge in [0.25, 0.3) is 0 Å². The van der Waals surface area contributed by atoms with Gasteiger partial charge in [-0.25, -0.2) is 4.98 Å². The van der Waals surface area contributed by atoms with Crippen LogP contribution >= 0.6 is 11.6 Å². The fraction of sp³-hybridized carbons (Fsp3) is 0.235. The van der Waals surface area contributed by atoms with Gasteiger partial charge in [-0.3, -0.25) is 0 Å². The van der Waals surface area contributed by atoms with Crippen molar-refractivity contribution in [1.29, 1.82) is 0 Å². The van der Waals surface area contributed by atoms with E-state index in [1.54, 1.807) is 0 Å². The average molecular weight is 301 g/mol. The van der Waals surface area contributed by atoms with Gasteiger partial charge in [0.15, 0.2) is 0 Å². The lowest BCUT2D eigenvalue weighted by Crippen LogP contribution is -2.04. The monoisotopic (exact) mass is 300 g/mol. The maximum absolute atomic E-state index is 10.3. The Morgan fingerprint density at radius 1 is 1.19 bits per heavy atom. The van der Waals surface area contributed by atoms with E-state index >= 15 is 0 Å². The zero-order valence-electron chi connectivity index (χ0n) is 11.8. The summed E-state index contributed by atoms with van der Waals surface area (Å²) in [5.41, 5.74) is 3.79. The molecule has 1 unspecified atom stereocenters. The molecule has 1 atom stereocenters. The lowest BCUT2D eigenvalue weighted by atomic mass is 10.1. The normalized spacial score (nSPS) is 12.7. The topological polar surface area (TPSA) is 37.5 Å². The van der Waals surface area contributed by atoms with Gasteiger partial charge in [0, 0.05) is 17.6 Å². The third kappa shape index (κ3) is 2.80. The molecule has 0 saturated carbocycles. The van der Waals surface area contributed by atoms with Crippen LogP contribution in [0.1, 0.15) is 36.4 Å². The number of aliphatic hydroxyl groups is 1. The molecule has 3 nitrogen and oxygen atoms in total. The van der Waals surface area contributed by atoms with E-state index in [1.807, 2.05) is 60.0 Å². The Morgan fingerprint density at radius 2 is 1.95 bits per heavy atom. The highest BCUT2D eigenvalue weighted by molar-refractivity contribution is 6.30. The second kappa shape index (κ2) is 5.88. The van der Waals surface area contributed by atoms with Crippen LogP contribution in [0.25, 0.3) is 5.65 Å². The minimum atomic E-state index is -0.510. The maximum Gasteiger partial charge on any atom is 0.137 e. The molecule has 0 aliphatic heterocycles. The molecule has 4 heteroatoms. The van der Waals surface area contributed by atoms with Crippen LogP contribution in [0, 0.1) is 0 Å². The van der Waals surface area contributed by atoms with Gasteiger partial charge >= 0.3 is 0 Å². The van der Waals surface area contributed by atoms with Gasteiger partial charge in [0.2, 0.25) is 0 Å². The summed E-state index contributed by atoms with van der Waals surface area (Å²) in [6.07, 6.45) is 2.79. The smallest absolute Gasteiger partial charge is 0.137 e.